The van der Waals surface area contributed by atoms with E-state index in [0.29, 0.717) is 18.1 Å². The van der Waals surface area contributed by atoms with E-state index in [1.165, 1.54) is 12.4 Å². The Morgan fingerprint density at radius 3 is 2.77 bits per heavy atom. The van der Waals surface area contributed by atoms with E-state index in [-0.39, 0.29) is 5.89 Å². The summed E-state index contributed by atoms with van der Waals surface area (Å²) in [7, 11) is 0. The van der Waals surface area contributed by atoms with E-state index in [2.05, 4.69) is 25.5 Å². The van der Waals surface area contributed by atoms with E-state index in [4.69, 9.17) is 16.0 Å². The number of rotatable bonds is 5. The summed E-state index contributed by atoms with van der Waals surface area (Å²) in [4.78, 5) is 19.2. The van der Waals surface area contributed by atoms with Crippen molar-refractivity contribution in [1.29, 1.82) is 0 Å². The summed E-state index contributed by atoms with van der Waals surface area (Å²) >= 11 is 5.93. The molecule has 0 aliphatic carbocycles. The van der Waals surface area contributed by atoms with Crippen molar-refractivity contribution in [1.82, 2.24) is 20.2 Å². The standard InChI is InChI=1S/C14H12ClN5O2/c15-11-3-1-2-9(6-11)4-5-16-13-17-7-10(8-18-13)12-19-20-14(21)22-12/h1-3,6-8H,4-5H2,(H,20,21)(H,16,17,18). The van der Waals surface area contributed by atoms with Gasteiger partial charge in [0.05, 0.1) is 5.56 Å². The van der Waals surface area contributed by atoms with Crippen LogP contribution >= 0.6 is 11.6 Å². The van der Waals surface area contributed by atoms with Gasteiger partial charge in [0, 0.05) is 24.0 Å². The van der Waals surface area contributed by atoms with Crippen molar-refractivity contribution in [3.8, 4) is 11.5 Å². The van der Waals surface area contributed by atoms with E-state index in [1.54, 1.807) is 0 Å². The number of aromatic nitrogens is 4. The van der Waals surface area contributed by atoms with Crippen LogP contribution in [0.15, 0.2) is 45.9 Å². The first-order valence-electron chi connectivity index (χ1n) is 6.57. The molecule has 0 amide bonds. The van der Waals surface area contributed by atoms with E-state index >= 15 is 0 Å². The molecule has 2 N–H and O–H groups in total. The quantitative estimate of drug-likeness (QED) is 0.748. The molecular formula is C14H12ClN5O2. The van der Waals surface area contributed by atoms with Gasteiger partial charge in [-0.25, -0.2) is 19.9 Å². The molecule has 0 saturated heterocycles. The van der Waals surface area contributed by atoms with Crippen molar-refractivity contribution in [3.05, 3.63) is 57.8 Å². The van der Waals surface area contributed by atoms with E-state index in [1.807, 2.05) is 24.3 Å². The molecule has 1 aromatic carbocycles. The number of aromatic amines is 1. The summed E-state index contributed by atoms with van der Waals surface area (Å²) in [5, 5.41) is 9.72. The molecule has 3 aromatic rings. The lowest BCUT2D eigenvalue weighted by molar-refractivity contribution is 0.526. The lowest BCUT2D eigenvalue weighted by Crippen LogP contribution is -2.07. The van der Waals surface area contributed by atoms with E-state index < -0.39 is 5.76 Å². The van der Waals surface area contributed by atoms with Crippen LogP contribution in [0, 0.1) is 0 Å². The number of hydrogen-bond acceptors (Lipinski definition) is 6. The number of benzene rings is 1. The number of H-pyrrole nitrogens is 1. The van der Waals surface area contributed by atoms with E-state index in [9.17, 15) is 4.79 Å². The van der Waals surface area contributed by atoms with Gasteiger partial charge in [0.2, 0.25) is 5.95 Å². The third-order valence-corrected chi connectivity index (χ3v) is 3.16. The summed E-state index contributed by atoms with van der Waals surface area (Å²) < 4.78 is 4.82. The van der Waals surface area contributed by atoms with Gasteiger partial charge in [-0.3, -0.25) is 0 Å². The highest BCUT2D eigenvalue weighted by Crippen LogP contribution is 2.13. The molecule has 0 radical (unpaired) electrons. The zero-order valence-electron chi connectivity index (χ0n) is 11.4. The van der Waals surface area contributed by atoms with Crippen LogP contribution in [0.3, 0.4) is 0 Å². The summed E-state index contributed by atoms with van der Waals surface area (Å²) in [5.74, 6) is 0.0397. The van der Waals surface area contributed by atoms with Crippen LogP contribution in [-0.4, -0.2) is 26.7 Å². The summed E-state index contributed by atoms with van der Waals surface area (Å²) in [5.41, 5.74) is 1.66. The van der Waals surface area contributed by atoms with Crippen molar-refractivity contribution in [2.45, 2.75) is 6.42 Å². The highest BCUT2D eigenvalue weighted by atomic mass is 35.5. The van der Waals surface area contributed by atoms with Gasteiger partial charge in [-0.05, 0) is 24.1 Å². The molecule has 3 rings (SSSR count). The Bertz CT molecular complexity index is 812. The van der Waals surface area contributed by atoms with Gasteiger partial charge in [-0.1, -0.05) is 23.7 Å². The lowest BCUT2D eigenvalue weighted by Gasteiger charge is -2.05. The molecule has 0 fully saturated rings. The van der Waals surface area contributed by atoms with Crippen LogP contribution in [-0.2, 0) is 6.42 Å². The van der Waals surface area contributed by atoms with E-state index in [0.717, 1.165) is 17.0 Å². The molecule has 112 valence electrons. The van der Waals surface area contributed by atoms with Gasteiger partial charge in [0.1, 0.15) is 0 Å². The molecule has 8 heteroatoms. The van der Waals surface area contributed by atoms with Crippen LogP contribution in [0.5, 0.6) is 0 Å². The second-order valence-corrected chi connectivity index (χ2v) is 4.96. The summed E-state index contributed by atoms with van der Waals surface area (Å²) in [6, 6.07) is 7.69. The van der Waals surface area contributed by atoms with Gasteiger partial charge >= 0.3 is 5.76 Å². The predicted molar refractivity (Wildman–Crippen MR) is 81.8 cm³/mol. The van der Waals surface area contributed by atoms with Crippen LogP contribution in [0.25, 0.3) is 11.5 Å². The van der Waals surface area contributed by atoms with Gasteiger partial charge in [0.25, 0.3) is 5.89 Å². The topological polar surface area (TPSA) is 96.7 Å². The maximum atomic E-state index is 10.9. The van der Waals surface area contributed by atoms with Crippen molar-refractivity contribution < 1.29 is 4.42 Å². The summed E-state index contributed by atoms with van der Waals surface area (Å²) in [6.07, 6.45) is 3.88. The van der Waals surface area contributed by atoms with Crippen molar-refractivity contribution in [2.75, 3.05) is 11.9 Å². The third kappa shape index (κ3) is 3.50. The first-order chi connectivity index (χ1) is 10.7. The molecule has 0 saturated carbocycles. The molecule has 7 nitrogen and oxygen atoms in total. The van der Waals surface area contributed by atoms with Crippen molar-refractivity contribution in [3.63, 3.8) is 0 Å². The number of nitrogens with one attached hydrogen (secondary N) is 2. The van der Waals surface area contributed by atoms with Crippen LogP contribution < -0.4 is 11.1 Å². The largest absolute Gasteiger partial charge is 0.434 e. The van der Waals surface area contributed by atoms with Crippen LogP contribution in [0.1, 0.15) is 5.56 Å². The number of anilines is 1. The molecule has 0 bridgehead atoms. The Balaban J connectivity index is 1.58. The van der Waals surface area contributed by atoms with Gasteiger partial charge < -0.3 is 9.73 Å². The Morgan fingerprint density at radius 1 is 1.27 bits per heavy atom. The number of hydrogen-bond donors (Lipinski definition) is 2. The first kappa shape index (κ1) is 14.3. The maximum Gasteiger partial charge on any atom is 0.434 e. The second-order valence-electron chi connectivity index (χ2n) is 4.52. The lowest BCUT2D eigenvalue weighted by atomic mass is 10.1. The normalized spacial score (nSPS) is 10.6. The van der Waals surface area contributed by atoms with Gasteiger partial charge in [0.15, 0.2) is 0 Å². The highest BCUT2D eigenvalue weighted by Gasteiger charge is 2.06. The maximum absolute atomic E-state index is 10.9. The number of nitrogens with zero attached hydrogens (tertiary/aromatic N) is 3. The SMILES string of the molecule is O=c1[nH]nc(-c2cnc(NCCc3cccc(Cl)c3)nc2)o1. The average molecular weight is 318 g/mol. The molecule has 0 aliphatic rings. The monoisotopic (exact) mass is 317 g/mol. The van der Waals surface area contributed by atoms with Crippen LogP contribution in [0.4, 0.5) is 5.95 Å². The average Bonchev–Trinajstić information content (AvgIpc) is 2.95. The zero-order chi connectivity index (χ0) is 15.4. The Morgan fingerprint density at radius 2 is 2.09 bits per heavy atom. The Labute approximate surface area is 130 Å². The second kappa shape index (κ2) is 6.40. The smallest absolute Gasteiger partial charge is 0.388 e. The predicted octanol–water partition coefficient (Wildman–Crippen LogP) is 2.13. The van der Waals surface area contributed by atoms with Crippen molar-refractivity contribution in [2.24, 2.45) is 0 Å². The molecule has 0 atom stereocenters. The fraction of sp³-hybridized carbons (Fsp3) is 0.143. The van der Waals surface area contributed by atoms with Gasteiger partial charge in [-0.15, -0.1) is 5.10 Å². The Hall–Kier alpha value is -2.67. The summed E-state index contributed by atoms with van der Waals surface area (Å²) in [6.45, 7) is 0.678. The minimum atomic E-state index is -0.612. The third-order valence-electron chi connectivity index (χ3n) is 2.92. The minimum absolute atomic E-state index is 0.162. The molecular weight excluding hydrogens is 306 g/mol. The minimum Gasteiger partial charge on any atom is -0.388 e. The molecule has 0 spiro atoms. The van der Waals surface area contributed by atoms with Gasteiger partial charge in [-0.2, -0.15) is 0 Å². The molecule has 0 unspecified atom stereocenters. The Kier molecular flexibility index (Phi) is 4.15. The van der Waals surface area contributed by atoms with Crippen LogP contribution in [0.2, 0.25) is 5.02 Å². The fourth-order valence-corrected chi connectivity index (χ4v) is 2.11. The molecule has 2 heterocycles. The zero-order valence-corrected chi connectivity index (χ0v) is 12.2. The number of halogens is 1. The molecule has 0 aliphatic heterocycles. The first-order valence-corrected chi connectivity index (χ1v) is 6.95. The molecule has 22 heavy (non-hydrogen) atoms. The van der Waals surface area contributed by atoms with Crippen molar-refractivity contribution >= 4 is 17.5 Å². The fourth-order valence-electron chi connectivity index (χ4n) is 1.89. The highest BCUT2D eigenvalue weighted by molar-refractivity contribution is 6.30. The molecule has 2 aromatic heterocycles.